The van der Waals surface area contributed by atoms with Crippen LogP contribution in [0.1, 0.15) is 21.5 Å². The van der Waals surface area contributed by atoms with Gasteiger partial charge in [-0.1, -0.05) is 23.8 Å². The summed E-state index contributed by atoms with van der Waals surface area (Å²) in [5.41, 5.74) is 3.87. The molecule has 3 rings (SSSR count). The number of ether oxygens (including phenoxy) is 2. The highest BCUT2D eigenvalue weighted by Crippen LogP contribution is 2.35. The minimum atomic E-state index is -0.0862. The molecule has 4 heteroatoms. The van der Waals surface area contributed by atoms with Crippen LogP contribution < -0.4 is 14.4 Å². The topological polar surface area (TPSA) is 38.8 Å². The summed E-state index contributed by atoms with van der Waals surface area (Å²) in [6.07, 6.45) is 0.875. The molecule has 0 radical (unpaired) electrons. The van der Waals surface area contributed by atoms with Crippen molar-refractivity contribution in [3.05, 3.63) is 53.1 Å². The number of methoxy groups -OCH3 is 2. The molecule has 0 saturated heterocycles. The van der Waals surface area contributed by atoms with Gasteiger partial charge in [0.25, 0.3) is 5.91 Å². The lowest BCUT2D eigenvalue weighted by molar-refractivity contribution is 0.0983. The second kappa shape index (κ2) is 5.72. The number of rotatable bonds is 3. The highest BCUT2D eigenvalue weighted by atomic mass is 16.5. The summed E-state index contributed by atoms with van der Waals surface area (Å²) in [6.45, 7) is 2.74. The van der Waals surface area contributed by atoms with Gasteiger partial charge in [0.05, 0.1) is 14.2 Å². The second-order valence-corrected chi connectivity index (χ2v) is 5.38. The van der Waals surface area contributed by atoms with Crippen LogP contribution in [-0.2, 0) is 6.42 Å². The summed E-state index contributed by atoms with van der Waals surface area (Å²) in [7, 11) is 3.12. The molecule has 0 aromatic heterocycles. The van der Waals surface area contributed by atoms with Crippen LogP contribution >= 0.6 is 0 Å². The summed E-state index contributed by atoms with van der Waals surface area (Å²) in [5.74, 6) is 0.978. The van der Waals surface area contributed by atoms with Gasteiger partial charge in [0.2, 0.25) is 0 Å². The largest absolute Gasteiger partial charge is 0.496 e. The van der Waals surface area contributed by atoms with Gasteiger partial charge in [-0.05, 0) is 37.1 Å². The first-order chi connectivity index (χ1) is 10.7. The molecule has 0 fully saturated rings. The molecule has 1 aliphatic rings. The van der Waals surface area contributed by atoms with Gasteiger partial charge < -0.3 is 14.4 Å². The van der Waals surface area contributed by atoms with Gasteiger partial charge in [0.1, 0.15) is 17.1 Å². The van der Waals surface area contributed by atoms with Crippen molar-refractivity contribution in [3.8, 4) is 11.5 Å². The fraction of sp³-hybridized carbons (Fsp3) is 0.278. The van der Waals surface area contributed by atoms with E-state index in [-0.39, 0.29) is 5.91 Å². The molecule has 114 valence electrons. The van der Waals surface area contributed by atoms with E-state index in [2.05, 4.69) is 13.0 Å². The third kappa shape index (κ3) is 2.30. The van der Waals surface area contributed by atoms with Gasteiger partial charge in [-0.3, -0.25) is 4.79 Å². The normalized spacial score (nSPS) is 13.0. The Balaban J connectivity index is 2.04. The van der Waals surface area contributed by atoms with Crippen LogP contribution in [0.2, 0.25) is 0 Å². The zero-order valence-corrected chi connectivity index (χ0v) is 13.1. The first-order valence-corrected chi connectivity index (χ1v) is 7.28. The van der Waals surface area contributed by atoms with E-state index in [1.165, 1.54) is 11.1 Å². The highest BCUT2D eigenvalue weighted by molar-refractivity contribution is 6.10. The lowest BCUT2D eigenvalue weighted by Gasteiger charge is -2.20. The predicted molar refractivity (Wildman–Crippen MR) is 86.1 cm³/mol. The van der Waals surface area contributed by atoms with Crippen molar-refractivity contribution in [1.29, 1.82) is 0 Å². The van der Waals surface area contributed by atoms with E-state index in [0.717, 1.165) is 12.1 Å². The Bertz CT molecular complexity index is 702. The quantitative estimate of drug-likeness (QED) is 0.873. The molecule has 0 saturated carbocycles. The highest BCUT2D eigenvalue weighted by Gasteiger charge is 2.29. The van der Waals surface area contributed by atoms with Gasteiger partial charge in [0, 0.05) is 12.2 Å². The Morgan fingerprint density at radius 2 is 1.77 bits per heavy atom. The summed E-state index contributed by atoms with van der Waals surface area (Å²) in [4.78, 5) is 14.8. The number of benzene rings is 2. The van der Waals surface area contributed by atoms with Gasteiger partial charge in [-0.15, -0.1) is 0 Å². The van der Waals surface area contributed by atoms with Gasteiger partial charge in [-0.2, -0.15) is 0 Å². The number of fused-ring (bicyclic) bond motifs is 1. The van der Waals surface area contributed by atoms with Gasteiger partial charge in [0.15, 0.2) is 0 Å². The molecule has 0 aliphatic carbocycles. The van der Waals surface area contributed by atoms with Crippen molar-refractivity contribution < 1.29 is 14.3 Å². The van der Waals surface area contributed by atoms with Crippen LogP contribution in [0.4, 0.5) is 5.69 Å². The molecule has 2 aromatic rings. The fourth-order valence-corrected chi connectivity index (χ4v) is 2.94. The lowest BCUT2D eigenvalue weighted by Crippen LogP contribution is -2.29. The van der Waals surface area contributed by atoms with Crippen LogP contribution in [0.3, 0.4) is 0 Å². The third-order valence-electron chi connectivity index (χ3n) is 4.02. The van der Waals surface area contributed by atoms with Crippen molar-refractivity contribution in [2.24, 2.45) is 0 Å². The summed E-state index contributed by atoms with van der Waals surface area (Å²) in [5, 5.41) is 0. The van der Waals surface area contributed by atoms with E-state index in [1.54, 1.807) is 31.3 Å². The molecule has 0 bridgehead atoms. The monoisotopic (exact) mass is 297 g/mol. The Morgan fingerprint density at radius 3 is 2.41 bits per heavy atom. The fourth-order valence-electron chi connectivity index (χ4n) is 2.94. The minimum Gasteiger partial charge on any atom is -0.496 e. The van der Waals surface area contributed by atoms with Crippen molar-refractivity contribution in [2.75, 3.05) is 25.7 Å². The average molecular weight is 297 g/mol. The molecule has 2 aromatic carbocycles. The maximum absolute atomic E-state index is 13.0. The predicted octanol–water partition coefficient (Wildman–Crippen LogP) is 3.22. The van der Waals surface area contributed by atoms with E-state index in [0.29, 0.717) is 23.6 Å². The van der Waals surface area contributed by atoms with E-state index >= 15 is 0 Å². The standard InChI is InChI=1S/C18H19NO3/c1-12-7-8-14-13(11-12)9-10-19(14)18(20)17-15(21-2)5-4-6-16(17)22-3/h4-8,11H,9-10H2,1-3H3. The molecule has 0 atom stereocenters. The second-order valence-electron chi connectivity index (χ2n) is 5.38. The van der Waals surface area contributed by atoms with E-state index < -0.39 is 0 Å². The van der Waals surface area contributed by atoms with Crippen molar-refractivity contribution in [2.45, 2.75) is 13.3 Å². The number of nitrogens with zero attached hydrogens (tertiary/aromatic N) is 1. The number of hydrogen-bond acceptors (Lipinski definition) is 3. The zero-order chi connectivity index (χ0) is 15.7. The number of aryl methyl sites for hydroxylation is 1. The summed E-state index contributed by atoms with van der Waals surface area (Å²) < 4.78 is 10.7. The van der Waals surface area contributed by atoms with Crippen LogP contribution in [0.5, 0.6) is 11.5 Å². The number of carbonyl (C=O) groups is 1. The molecule has 22 heavy (non-hydrogen) atoms. The van der Waals surface area contributed by atoms with Crippen LogP contribution in [0, 0.1) is 6.92 Å². The number of hydrogen-bond donors (Lipinski definition) is 0. The average Bonchev–Trinajstić information content (AvgIpc) is 2.96. The number of amides is 1. The van der Waals surface area contributed by atoms with Crippen LogP contribution in [0.15, 0.2) is 36.4 Å². The van der Waals surface area contributed by atoms with E-state index in [1.807, 2.05) is 18.2 Å². The molecular weight excluding hydrogens is 278 g/mol. The zero-order valence-electron chi connectivity index (χ0n) is 13.1. The minimum absolute atomic E-state index is 0.0862. The Morgan fingerprint density at radius 1 is 1.09 bits per heavy atom. The van der Waals surface area contributed by atoms with Crippen molar-refractivity contribution in [3.63, 3.8) is 0 Å². The summed E-state index contributed by atoms with van der Waals surface area (Å²) >= 11 is 0. The smallest absolute Gasteiger partial charge is 0.265 e. The van der Waals surface area contributed by atoms with Crippen molar-refractivity contribution >= 4 is 11.6 Å². The Labute approximate surface area is 130 Å². The van der Waals surface area contributed by atoms with E-state index in [9.17, 15) is 4.79 Å². The van der Waals surface area contributed by atoms with Crippen molar-refractivity contribution in [1.82, 2.24) is 0 Å². The first-order valence-electron chi connectivity index (χ1n) is 7.28. The van der Waals surface area contributed by atoms with Gasteiger partial charge in [-0.25, -0.2) is 0 Å². The molecule has 1 heterocycles. The molecule has 1 aliphatic heterocycles. The van der Waals surface area contributed by atoms with Crippen LogP contribution in [-0.4, -0.2) is 26.7 Å². The molecule has 1 amide bonds. The first kappa shape index (κ1) is 14.4. The maximum Gasteiger partial charge on any atom is 0.265 e. The molecule has 0 spiro atoms. The number of anilines is 1. The van der Waals surface area contributed by atoms with Gasteiger partial charge >= 0.3 is 0 Å². The number of carbonyl (C=O) groups excluding carboxylic acids is 1. The maximum atomic E-state index is 13.0. The summed E-state index contributed by atoms with van der Waals surface area (Å²) in [6, 6.07) is 11.6. The molecule has 4 nitrogen and oxygen atoms in total. The lowest BCUT2D eigenvalue weighted by atomic mass is 10.1. The third-order valence-corrected chi connectivity index (χ3v) is 4.02. The molecule has 0 unspecified atom stereocenters. The Kier molecular flexibility index (Phi) is 3.75. The Hall–Kier alpha value is -2.49. The molecular formula is C18H19NO3. The van der Waals surface area contributed by atoms with Crippen LogP contribution in [0.25, 0.3) is 0 Å². The SMILES string of the molecule is COc1cccc(OC)c1C(=O)N1CCc2cc(C)ccc21. The van der Waals surface area contributed by atoms with E-state index in [4.69, 9.17) is 9.47 Å². The molecule has 0 N–H and O–H groups in total.